The van der Waals surface area contributed by atoms with Crippen molar-refractivity contribution in [2.45, 2.75) is 26.3 Å². The highest BCUT2D eigenvalue weighted by molar-refractivity contribution is 7.22. The lowest BCUT2D eigenvalue weighted by Gasteiger charge is -2.20. The molecule has 0 aliphatic rings. The van der Waals surface area contributed by atoms with Crippen LogP contribution < -0.4 is 9.64 Å². The molecule has 0 aliphatic carbocycles. The number of unbranched alkanes of at least 4 members (excludes halogenated alkanes) is 1. The largest absolute Gasteiger partial charge is 0.494 e. The van der Waals surface area contributed by atoms with Gasteiger partial charge in [-0.3, -0.25) is 9.69 Å². The predicted molar refractivity (Wildman–Crippen MR) is 128 cm³/mol. The lowest BCUT2D eigenvalue weighted by Crippen LogP contribution is -2.30. The van der Waals surface area contributed by atoms with Gasteiger partial charge in [0.2, 0.25) is 0 Å². The maximum atomic E-state index is 13.6. The molecule has 1 aromatic heterocycles. The highest BCUT2D eigenvalue weighted by Crippen LogP contribution is 2.34. The summed E-state index contributed by atoms with van der Waals surface area (Å²) in [6.07, 6.45) is 2.04. The van der Waals surface area contributed by atoms with E-state index in [1.165, 1.54) is 11.3 Å². The fourth-order valence-electron chi connectivity index (χ4n) is 3.22. The van der Waals surface area contributed by atoms with Gasteiger partial charge in [-0.05, 0) is 42.3 Å². The summed E-state index contributed by atoms with van der Waals surface area (Å²) < 4.78 is 6.75. The van der Waals surface area contributed by atoms with E-state index in [1.807, 2.05) is 66.7 Å². The molecule has 4 nitrogen and oxygen atoms in total. The van der Waals surface area contributed by atoms with Crippen molar-refractivity contribution in [2.24, 2.45) is 0 Å². The summed E-state index contributed by atoms with van der Waals surface area (Å²) >= 11 is 7.80. The number of anilines is 1. The maximum absolute atomic E-state index is 13.6. The van der Waals surface area contributed by atoms with Crippen LogP contribution in [-0.4, -0.2) is 17.5 Å². The zero-order valence-electron chi connectivity index (χ0n) is 17.3. The van der Waals surface area contributed by atoms with Gasteiger partial charge in [-0.25, -0.2) is 4.98 Å². The van der Waals surface area contributed by atoms with Crippen LogP contribution in [0.3, 0.4) is 0 Å². The minimum atomic E-state index is -0.125. The van der Waals surface area contributed by atoms with E-state index in [-0.39, 0.29) is 5.91 Å². The molecule has 4 aromatic rings. The Bertz CT molecular complexity index is 1180. The van der Waals surface area contributed by atoms with Gasteiger partial charge in [-0.15, -0.1) is 0 Å². The average Bonchev–Trinajstić information content (AvgIpc) is 3.24. The van der Waals surface area contributed by atoms with Gasteiger partial charge in [0, 0.05) is 5.56 Å². The number of amides is 1. The molecular formula is C25H23ClN2O2S. The van der Waals surface area contributed by atoms with Gasteiger partial charge < -0.3 is 4.74 Å². The standard InChI is InChI=1S/C25H23ClN2O2S/c1-2-3-15-30-20-12-7-11-19(16-20)24(29)28(17-18-9-5-4-6-10-18)25-27-23-21(26)13-8-14-22(23)31-25/h4-14,16H,2-3,15,17H2,1H3. The average molecular weight is 451 g/mol. The fraction of sp³-hybridized carbons (Fsp3) is 0.200. The Labute approximate surface area is 191 Å². The van der Waals surface area contributed by atoms with Crippen molar-refractivity contribution in [3.8, 4) is 5.75 Å². The van der Waals surface area contributed by atoms with Gasteiger partial charge in [0.25, 0.3) is 5.91 Å². The Hall–Kier alpha value is -2.89. The second kappa shape index (κ2) is 9.94. The quantitative estimate of drug-likeness (QED) is 0.272. The number of fused-ring (bicyclic) bond motifs is 1. The molecule has 158 valence electrons. The third-order valence-electron chi connectivity index (χ3n) is 4.87. The van der Waals surface area contributed by atoms with Gasteiger partial charge in [0.05, 0.1) is 22.9 Å². The number of aromatic nitrogens is 1. The first-order valence-corrected chi connectivity index (χ1v) is 11.5. The Balaban J connectivity index is 1.69. The van der Waals surface area contributed by atoms with Crippen molar-refractivity contribution in [3.05, 3.63) is 88.9 Å². The Morgan fingerprint density at radius 2 is 1.87 bits per heavy atom. The maximum Gasteiger partial charge on any atom is 0.260 e. The molecule has 4 rings (SSSR count). The molecule has 0 radical (unpaired) electrons. The van der Waals surface area contributed by atoms with E-state index in [4.69, 9.17) is 21.3 Å². The number of thiazole rings is 1. The number of para-hydroxylation sites is 1. The fourth-order valence-corrected chi connectivity index (χ4v) is 4.48. The van der Waals surface area contributed by atoms with Gasteiger partial charge in [0.15, 0.2) is 5.13 Å². The van der Waals surface area contributed by atoms with Gasteiger partial charge >= 0.3 is 0 Å². The minimum Gasteiger partial charge on any atom is -0.494 e. The van der Waals surface area contributed by atoms with Gasteiger partial charge in [0.1, 0.15) is 11.3 Å². The first kappa shape index (κ1) is 21.3. The van der Waals surface area contributed by atoms with Crippen LogP contribution in [0.1, 0.15) is 35.7 Å². The molecule has 3 aromatic carbocycles. The van der Waals surface area contributed by atoms with Crippen LogP contribution in [0.25, 0.3) is 10.2 Å². The van der Waals surface area contributed by atoms with Crippen LogP contribution in [0, 0.1) is 0 Å². The molecule has 0 saturated carbocycles. The number of halogens is 1. The zero-order chi connectivity index (χ0) is 21.6. The number of benzene rings is 3. The van der Waals surface area contributed by atoms with Crippen molar-refractivity contribution in [3.63, 3.8) is 0 Å². The Morgan fingerprint density at radius 1 is 1.06 bits per heavy atom. The van der Waals surface area contributed by atoms with Crippen molar-refractivity contribution in [1.82, 2.24) is 4.98 Å². The first-order chi connectivity index (χ1) is 15.2. The molecule has 0 bridgehead atoms. The molecule has 31 heavy (non-hydrogen) atoms. The highest BCUT2D eigenvalue weighted by Gasteiger charge is 2.22. The third kappa shape index (κ3) is 5.06. The van der Waals surface area contributed by atoms with Crippen molar-refractivity contribution in [2.75, 3.05) is 11.5 Å². The van der Waals surface area contributed by atoms with Crippen LogP contribution in [0.5, 0.6) is 5.75 Å². The first-order valence-electron chi connectivity index (χ1n) is 10.3. The molecule has 0 atom stereocenters. The number of carbonyl (C=O) groups excluding carboxylic acids is 1. The Morgan fingerprint density at radius 3 is 2.65 bits per heavy atom. The van der Waals surface area contributed by atoms with E-state index in [9.17, 15) is 4.79 Å². The normalized spacial score (nSPS) is 10.9. The molecule has 1 heterocycles. The zero-order valence-corrected chi connectivity index (χ0v) is 18.8. The molecule has 0 fully saturated rings. The Kier molecular flexibility index (Phi) is 6.85. The summed E-state index contributed by atoms with van der Waals surface area (Å²) in [5, 5.41) is 1.20. The third-order valence-corrected chi connectivity index (χ3v) is 6.21. The van der Waals surface area contributed by atoms with Crippen LogP contribution >= 0.6 is 22.9 Å². The van der Waals surface area contributed by atoms with Crippen molar-refractivity contribution in [1.29, 1.82) is 0 Å². The number of carbonyl (C=O) groups is 1. The van der Waals surface area contributed by atoms with Crippen LogP contribution in [0.4, 0.5) is 5.13 Å². The smallest absolute Gasteiger partial charge is 0.260 e. The van der Waals surface area contributed by atoms with Crippen molar-refractivity contribution < 1.29 is 9.53 Å². The number of hydrogen-bond donors (Lipinski definition) is 0. The summed E-state index contributed by atoms with van der Waals surface area (Å²) in [6, 6.07) is 22.9. The number of rotatable bonds is 8. The van der Waals surface area contributed by atoms with E-state index in [2.05, 4.69) is 6.92 Å². The number of ether oxygens (including phenoxy) is 1. The summed E-state index contributed by atoms with van der Waals surface area (Å²) in [5.41, 5.74) is 2.30. The van der Waals surface area contributed by atoms with Crippen molar-refractivity contribution >= 4 is 44.2 Å². The number of hydrogen-bond acceptors (Lipinski definition) is 4. The molecule has 0 unspecified atom stereocenters. The predicted octanol–water partition coefficient (Wildman–Crippen LogP) is 6.98. The van der Waals surface area contributed by atoms with E-state index >= 15 is 0 Å². The van der Waals surface area contributed by atoms with E-state index in [1.54, 1.807) is 11.0 Å². The lowest BCUT2D eigenvalue weighted by molar-refractivity contribution is 0.0984. The molecule has 1 amide bonds. The van der Waals surface area contributed by atoms with E-state index in [0.717, 1.165) is 23.1 Å². The summed E-state index contributed by atoms with van der Waals surface area (Å²) in [7, 11) is 0. The second-order valence-electron chi connectivity index (χ2n) is 7.19. The second-order valence-corrected chi connectivity index (χ2v) is 8.61. The van der Waals surface area contributed by atoms with Gasteiger partial charge in [-0.2, -0.15) is 0 Å². The topological polar surface area (TPSA) is 42.4 Å². The summed E-state index contributed by atoms with van der Waals surface area (Å²) in [5.74, 6) is 0.575. The van der Waals surface area contributed by atoms with E-state index in [0.29, 0.717) is 40.1 Å². The highest BCUT2D eigenvalue weighted by atomic mass is 35.5. The molecule has 0 aliphatic heterocycles. The van der Waals surface area contributed by atoms with Crippen LogP contribution in [0.2, 0.25) is 5.02 Å². The van der Waals surface area contributed by atoms with E-state index < -0.39 is 0 Å². The number of nitrogens with zero attached hydrogens (tertiary/aromatic N) is 2. The minimum absolute atomic E-state index is 0.125. The van der Waals surface area contributed by atoms with Crippen LogP contribution in [-0.2, 0) is 6.54 Å². The van der Waals surface area contributed by atoms with Crippen LogP contribution in [0.15, 0.2) is 72.8 Å². The van der Waals surface area contributed by atoms with Gasteiger partial charge in [-0.1, -0.05) is 78.7 Å². The lowest BCUT2D eigenvalue weighted by atomic mass is 10.1. The molecule has 0 saturated heterocycles. The summed E-state index contributed by atoms with van der Waals surface area (Å²) in [4.78, 5) is 20.0. The molecule has 0 N–H and O–H groups in total. The summed E-state index contributed by atoms with van der Waals surface area (Å²) in [6.45, 7) is 3.17. The molecule has 0 spiro atoms. The SMILES string of the molecule is CCCCOc1cccc(C(=O)N(Cc2ccccc2)c2nc3c(Cl)cccc3s2)c1. The molecular weight excluding hydrogens is 428 g/mol. The molecule has 6 heteroatoms. The monoisotopic (exact) mass is 450 g/mol.